The summed E-state index contributed by atoms with van der Waals surface area (Å²) in [5.74, 6) is 2.85. The third kappa shape index (κ3) is 3.30. The molecule has 0 bridgehead atoms. The third-order valence-corrected chi connectivity index (χ3v) is 2.71. The van der Waals surface area contributed by atoms with Crippen LogP contribution in [0.25, 0.3) is 11.3 Å². The smallest absolute Gasteiger partial charge is 0.208 e. The van der Waals surface area contributed by atoms with Crippen LogP contribution in [0, 0.1) is 0 Å². The second kappa shape index (κ2) is 6.96. The van der Waals surface area contributed by atoms with Gasteiger partial charge in [-0.1, -0.05) is 0 Å². The zero-order valence-electron chi connectivity index (χ0n) is 12.1. The molecule has 2 aromatic rings. The van der Waals surface area contributed by atoms with E-state index in [1.54, 1.807) is 6.20 Å². The lowest BCUT2D eigenvalue weighted by Crippen LogP contribution is -2.04. The molecule has 0 saturated heterocycles. The van der Waals surface area contributed by atoms with Crippen molar-refractivity contribution in [2.45, 2.75) is 20.4 Å². The van der Waals surface area contributed by atoms with Crippen LogP contribution >= 0.6 is 0 Å². The molecular formula is C15H20N2O3. The standard InChI is InChI=1S/C15H20N2O3/c1-4-18-12-7-6-11(8-13(12)19-5-2)14-9-17-15(20-14)10-16-3/h6-9,16H,4-5,10H2,1-3H3. The minimum Gasteiger partial charge on any atom is -0.490 e. The number of hydrogen-bond acceptors (Lipinski definition) is 5. The van der Waals surface area contributed by atoms with Gasteiger partial charge < -0.3 is 19.2 Å². The quantitative estimate of drug-likeness (QED) is 0.842. The molecule has 0 atom stereocenters. The lowest BCUT2D eigenvalue weighted by Gasteiger charge is -2.11. The fourth-order valence-electron chi connectivity index (χ4n) is 1.88. The Kier molecular flexibility index (Phi) is 5.01. The van der Waals surface area contributed by atoms with Crippen molar-refractivity contribution >= 4 is 0 Å². The van der Waals surface area contributed by atoms with Gasteiger partial charge in [0.15, 0.2) is 17.3 Å². The highest BCUT2D eigenvalue weighted by Gasteiger charge is 2.11. The summed E-state index contributed by atoms with van der Waals surface area (Å²) in [5, 5.41) is 3.01. The van der Waals surface area contributed by atoms with E-state index in [2.05, 4.69) is 10.3 Å². The molecule has 0 amide bonds. The largest absolute Gasteiger partial charge is 0.490 e. The monoisotopic (exact) mass is 276 g/mol. The minimum atomic E-state index is 0.588. The molecule has 1 heterocycles. The topological polar surface area (TPSA) is 56.5 Å². The molecular weight excluding hydrogens is 256 g/mol. The first-order valence-corrected chi connectivity index (χ1v) is 6.77. The fourth-order valence-corrected chi connectivity index (χ4v) is 1.88. The highest BCUT2D eigenvalue weighted by atomic mass is 16.5. The van der Waals surface area contributed by atoms with Crippen molar-refractivity contribution in [3.05, 3.63) is 30.3 Å². The van der Waals surface area contributed by atoms with E-state index in [4.69, 9.17) is 13.9 Å². The van der Waals surface area contributed by atoms with Gasteiger partial charge >= 0.3 is 0 Å². The maximum absolute atomic E-state index is 5.67. The summed E-state index contributed by atoms with van der Waals surface area (Å²) in [6.45, 7) is 5.69. The van der Waals surface area contributed by atoms with Crippen LogP contribution in [0.3, 0.4) is 0 Å². The number of rotatable bonds is 7. The zero-order chi connectivity index (χ0) is 14.4. The van der Waals surface area contributed by atoms with Gasteiger partial charge in [-0.25, -0.2) is 4.98 Å². The van der Waals surface area contributed by atoms with Gasteiger partial charge in [0.2, 0.25) is 5.89 Å². The van der Waals surface area contributed by atoms with Crippen LogP contribution in [-0.2, 0) is 6.54 Å². The third-order valence-electron chi connectivity index (χ3n) is 2.71. The lowest BCUT2D eigenvalue weighted by atomic mass is 10.1. The van der Waals surface area contributed by atoms with Crippen LogP contribution in [-0.4, -0.2) is 25.2 Å². The molecule has 0 unspecified atom stereocenters. The van der Waals surface area contributed by atoms with Crippen molar-refractivity contribution in [2.24, 2.45) is 0 Å². The number of oxazole rings is 1. The first-order chi connectivity index (χ1) is 9.78. The van der Waals surface area contributed by atoms with Crippen molar-refractivity contribution in [1.82, 2.24) is 10.3 Å². The van der Waals surface area contributed by atoms with Gasteiger partial charge in [0.1, 0.15) is 0 Å². The normalized spacial score (nSPS) is 10.6. The number of benzene rings is 1. The molecule has 0 aliphatic carbocycles. The first kappa shape index (κ1) is 14.4. The minimum absolute atomic E-state index is 0.588. The zero-order valence-corrected chi connectivity index (χ0v) is 12.1. The Hall–Kier alpha value is -2.01. The number of nitrogens with zero attached hydrogens (tertiary/aromatic N) is 1. The molecule has 0 spiro atoms. The number of nitrogens with one attached hydrogen (secondary N) is 1. The van der Waals surface area contributed by atoms with Crippen molar-refractivity contribution in [2.75, 3.05) is 20.3 Å². The van der Waals surface area contributed by atoms with Crippen LogP contribution in [0.15, 0.2) is 28.8 Å². The van der Waals surface area contributed by atoms with E-state index in [-0.39, 0.29) is 0 Å². The molecule has 20 heavy (non-hydrogen) atoms. The van der Waals surface area contributed by atoms with Gasteiger partial charge in [-0.3, -0.25) is 0 Å². The summed E-state index contributed by atoms with van der Waals surface area (Å²) in [6.07, 6.45) is 1.72. The summed E-state index contributed by atoms with van der Waals surface area (Å²) in [5.41, 5.74) is 0.923. The van der Waals surface area contributed by atoms with Crippen molar-refractivity contribution < 1.29 is 13.9 Å². The Morgan fingerprint density at radius 1 is 1.15 bits per heavy atom. The van der Waals surface area contributed by atoms with Gasteiger partial charge in [0, 0.05) is 5.56 Å². The van der Waals surface area contributed by atoms with Gasteiger partial charge in [0.25, 0.3) is 0 Å². The Balaban J connectivity index is 2.28. The fraction of sp³-hybridized carbons (Fsp3) is 0.400. The number of hydrogen-bond donors (Lipinski definition) is 1. The average molecular weight is 276 g/mol. The molecule has 0 aliphatic rings. The van der Waals surface area contributed by atoms with E-state index in [1.165, 1.54) is 0 Å². The molecule has 5 heteroatoms. The SMILES string of the molecule is CCOc1ccc(-c2cnc(CNC)o2)cc1OCC. The van der Waals surface area contributed by atoms with E-state index >= 15 is 0 Å². The molecule has 0 radical (unpaired) electrons. The van der Waals surface area contributed by atoms with Crippen LogP contribution in [0.1, 0.15) is 19.7 Å². The molecule has 0 saturated carbocycles. The predicted octanol–water partition coefficient (Wildman–Crippen LogP) is 2.86. The second-order valence-electron chi connectivity index (χ2n) is 4.18. The predicted molar refractivity (Wildman–Crippen MR) is 77.0 cm³/mol. The van der Waals surface area contributed by atoms with Crippen LogP contribution in [0.4, 0.5) is 0 Å². The van der Waals surface area contributed by atoms with Crippen molar-refractivity contribution in [1.29, 1.82) is 0 Å². The molecule has 1 N–H and O–H groups in total. The summed E-state index contributed by atoms with van der Waals surface area (Å²) in [7, 11) is 1.86. The summed E-state index contributed by atoms with van der Waals surface area (Å²) < 4.78 is 16.8. The lowest BCUT2D eigenvalue weighted by molar-refractivity contribution is 0.288. The Labute approximate surface area is 118 Å². The Morgan fingerprint density at radius 2 is 1.90 bits per heavy atom. The summed E-state index contributed by atoms with van der Waals surface area (Å²) in [4.78, 5) is 4.22. The van der Waals surface area contributed by atoms with Crippen molar-refractivity contribution in [3.8, 4) is 22.8 Å². The Morgan fingerprint density at radius 3 is 2.60 bits per heavy atom. The highest BCUT2D eigenvalue weighted by molar-refractivity contribution is 5.62. The molecule has 1 aromatic carbocycles. The van der Waals surface area contributed by atoms with Gasteiger partial charge in [-0.05, 0) is 39.1 Å². The molecule has 0 fully saturated rings. The van der Waals surface area contributed by atoms with E-state index in [0.29, 0.717) is 25.6 Å². The number of aromatic nitrogens is 1. The van der Waals surface area contributed by atoms with Crippen LogP contribution < -0.4 is 14.8 Å². The van der Waals surface area contributed by atoms with Crippen LogP contribution in [0.5, 0.6) is 11.5 Å². The maximum atomic E-state index is 5.67. The van der Waals surface area contributed by atoms with Gasteiger partial charge in [0.05, 0.1) is 26.0 Å². The average Bonchev–Trinajstić information content (AvgIpc) is 2.90. The van der Waals surface area contributed by atoms with Crippen LogP contribution in [0.2, 0.25) is 0 Å². The van der Waals surface area contributed by atoms with Crippen molar-refractivity contribution in [3.63, 3.8) is 0 Å². The highest BCUT2D eigenvalue weighted by Crippen LogP contribution is 2.33. The van der Waals surface area contributed by atoms with E-state index in [9.17, 15) is 0 Å². The van der Waals surface area contributed by atoms with Gasteiger partial charge in [-0.15, -0.1) is 0 Å². The molecule has 108 valence electrons. The molecule has 0 aliphatic heterocycles. The summed E-state index contributed by atoms with van der Waals surface area (Å²) in [6, 6.07) is 5.75. The van der Waals surface area contributed by atoms with Gasteiger partial charge in [-0.2, -0.15) is 0 Å². The van der Waals surface area contributed by atoms with E-state index < -0.39 is 0 Å². The molecule has 1 aromatic heterocycles. The molecule has 2 rings (SSSR count). The molecule has 5 nitrogen and oxygen atoms in total. The first-order valence-electron chi connectivity index (χ1n) is 6.77. The second-order valence-corrected chi connectivity index (χ2v) is 4.18. The Bertz CT molecular complexity index is 552. The maximum Gasteiger partial charge on any atom is 0.208 e. The summed E-state index contributed by atoms with van der Waals surface area (Å²) >= 11 is 0. The number of ether oxygens (including phenoxy) is 2. The van der Waals surface area contributed by atoms with E-state index in [1.807, 2.05) is 39.1 Å². The van der Waals surface area contributed by atoms with E-state index in [0.717, 1.165) is 22.8 Å².